The van der Waals surface area contributed by atoms with E-state index in [0.717, 1.165) is 25.9 Å². The van der Waals surface area contributed by atoms with Crippen LogP contribution in [0.25, 0.3) is 0 Å². The molecule has 2 heterocycles. The molecular formula is C10H15ClN4O. The number of nitrogens with zero attached hydrogens (tertiary/aromatic N) is 3. The number of nitrogens with two attached hydrogens (primary N) is 1. The van der Waals surface area contributed by atoms with Crippen molar-refractivity contribution in [2.24, 2.45) is 0 Å². The third-order valence-corrected chi connectivity index (χ3v) is 2.96. The highest BCUT2D eigenvalue weighted by Crippen LogP contribution is 2.26. The fourth-order valence-corrected chi connectivity index (χ4v) is 1.95. The van der Waals surface area contributed by atoms with E-state index in [1.807, 2.05) is 0 Å². The second kappa shape index (κ2) is 4.84. The molecule has 16 heavy (non-hydrogen) atoms. The van der Waals surface area contributed by atoms with Crippen LogP contribution in [-0.4, -0.2) is 41.1 Å². The van der Waals surface area contributed by atoms with Gasteiger partial charge in [0.15, 0.2) is 5.15 Å². The van der Waals surface area contributed by atoms with Crippen molar-refractivity contribution in [3.8, 4) is 5.88 Å². The quantitative estimate of drug-likeness (QED) is 0.790. The predicted molar refractivity (Wildman–Crippen MR) is 62.6 cm³/mol. The van der Waals surface area contributed by atoms with Gasteiger partial charge in [-0.05, 0) is 26.4 Å². The van der Waals surface area contributed by atoms with E-state index >= 15 is 0 Å². The van der Waals surface area contributed by atoms with Gasteiger partial charge in [-0.15, -0.1) is 0 Å². The molecule has 0 bridgehead atoms. The highest BCUT2D eigenvalue weighted by atomic mass is 35.5. The van der Waals surface area contributed by atoms with Gasteiger partial charge in [-0.2, -0.15) is 4.98 Å². The summed E-state index contributed by atoms with van der Waals surface area (Å²) in [5.74, 6) is 0.389. The summed E-state index contributed by atoms with van der Waals surface area (Å²) < 4.78 is 5.74. The Morgan fingerprint density at radius 1 is 1.56 bits per heavy atom. The van der Waals surface area contributed by atoms with Crippen LogP contribution in [0.2, 0.25) is 5.15 Å². The van der Waals surface area contributed by atoms with Gasteiger partial charge in [0, 0.05) is 6.54 Å². The van der Waals surface area contributed by atoms with E-state index in [-0.39, 0.29) is 11.3 Å². The molecule has 88 valence electrons. The first-order chi connectivity index (χ1) is 7.66. The fourth-order valence-electron chi connectivity index (χ4n) is 1.83. The average molecular weight is 243 g/mol. The van der Waals surface area contributed by atoms with Crippen molar-refractivity contribution in [3.63, 3.8) is 0 Å². The summed E-state index contributed by atoms with van der Waals surface area (Å²) in [7, 11) is 2.08. The number of hydrogen-bond acceptors (Lipinski definition) is 5. The molecule has 0 unspecified atom stereocenters. The van der Waals surface area contributed by atoms with E-state index < -0.39 is 0 Å². The normalized spacial score (nSPS) is 22.0. The minimum atomic E-state index is 0.131. The first-order valence-electron chi connectivity index (χ1n) is 5.28. The number of ether oxygens (including phenoxy) is 1. The molecular weight excluding hydrogens is 228 g/mol. The molecule has 0 saturated carbocycles. The first kappa shape index (κ1) is 11.4. The molecule has 1 atom stereocenters. The molecule has 1 aromatic heterocycles. The Kier molecular flexibility index (Phi) is 3.46. The summed E-state index contributed by atoms with van der Waals surface area (Å²) in [5, 5.41) is 0.245. The fraction of sp³-hybridized carbons (Fsp3) is 0.600. The van der Waals surface area contributed by atoms with Crippen molar-refractivity contribution in [2.45, 2.75) is 18.9 Å². The molecule has 6 heteroatoms. The largest absolute Gasteiger partial charge is 0.471 e. The van der Waals surface area contributed by atoms with Gasteiger partial charge >= 0.3 is 0 Å². The molecule has 1 saturated heterocycles. The van der Waals surface area contributed by atoms with Crippen LogP contribution in [0.3, 0.4) is 0 Å². The van der Waals surface area contributed by atoms with Crippen molar-refractivity contribution in [1.29, 1.82) is 0 Å². The van der Waals surface area contributed by atoms with Gasteiger partial charge in [0.05, 0.1) is 0 Å². The van der Waals surface area contributed by atoms with E-state index in [2.05, 4.69) is 21.9 Å². The summed E-state index contributed by atoms with van der Waals surface area (Å²) in [6, 6.07) is 0. The lowest BCUT2D eigenvalue weighted by atomic mass is 10.1. The zero-order valence-electron chi connectivity index (χ0n) is 9.19. The second-order valence-corrected chi connectivity index (χ2v) is 4.39. The van der Waals surface area contributed by atoms with Gasteiger partial charge in [0.2, 0.25) is 5.88 Å². The summed E-state index contributed by atoms with van der Waals surface area (Å²) in [4.78, 5) is 10.0. The minimum absolute atomic E-state index is 0.131. The molecule has 1 aliphatic rings. The van der Waals surface area contributed by atoms with Gasteiger partial charge in [-0.3, -0.25) is 0 Å². The van der Waals surface area contributed by atoms with Crippen LogP contribution in [0, 0.1) is 0 Å². The van der Waals surface area contributed by atoms with Crippen molar-refractivity contribution >= 4 is 17.3 Å². The Hall–Kier alpha value is -1.07. The van der Waals surface area contributed by atoms with Crippen molar-refractivity contribution in [1.82, 2.24) is 14.9 Å². The maximum Gasteiger partial charge on any atom is 0.242 e. The SMILES string of the molecule is CN1CCC[C@@H](Oc2ncnc(Cl)c2N)C1. The van der Waals surface area contributed by atoms with E-state index in [1.54, 1.807) is 0 Å². The maximum atomic E-state index is 5.79. The summed E-state index contributed by atoms with van der Waals surface area (Å²) in [6.07, 6.45) is 3.64. The second-order valence-electron chi connectivity index (χ2n) is 4.03. The number of hydrogen-bond donors (Lipinski definition) is 1. The van der Waals surface area contributed by atoms with Crippen LogP contribution in [0.4, 0.5) is 5.69 Å². The molecule has 5 nitrogen and oxygen atoms in total. The number of rotatable bonds is 2. The van der Waals surface area contributed by atoms with Crippen LogP contribution >= 0.6 is 11.6 Å². The molecule has 2 rings (SSSR count). The van der Waals surface area contributed by atoms with E-state index in [9.17, 15) is 0 Å². The Labute approximate surface area is 99.6 Å². The Morgan fingerprint density at radius 3 is 3.12 bits per heavy atom. The lowest BCUT2D eigenvalue weighted by Crippen LogP contribution is -2.38. The molecule has 1 aromatic rings. The van der Waals surface area contributed by atoms with E-state index in [0.29, 0.717) is 11.6 Å². The predicted octanol–water partition coefficient (Wildman–Crippen LogP) is 1.19. The molecule has 0 amide bonds. The van der Waals surface area contributed by atoms with Crippen molar-refractivity contribution in [3.05, 3.63) is 11.5 Å². The van der Waals surface area contributed by atoms with E-state index in [1.165, 1.54) is 6.33 Å². The molecule has 0 aromatic carbocycles. The summed E-state index contributed by atoms with van der Waals surface area (Å²) in [5.41, 5.74) is 6.06. The molecule has 0 spiro atoms. The van der Waals surface area contributed by atoms with Crippen molar-refractivity contribution < 1.29 is 4.74 Å². The Bertz CT molecular complexity index is 374. The van der Waals surface area contributed by atoms with Gasteiger partial charge in [-0.25, -0.2) is 4.98 Å². The molecule has 1 fully saturated rings. The third-order valence-electron chi connectivity index (χ3n) is 2.66. The molecule has 0 radical (unpaired) electrons. The van der Waals surface area contributed by atoms with Crippen LogP contribution in [0.5, 0.6) is 5.88 Å². The average Bonchev–Trinajstić information content (AvgIpc) is 2.25. The minimum Gasteiger partial charge on any atom is -0.471 e. The molecule has 0 aliphatic carbocycles. The third kappa shape index (κ3) is 2.54. The molecule has 2 N–H and O–H groups in total. The number of anilines is 1. The van der Waals surface area contributed by atoms with Crippen LogP contribution < -0.4 is 10.5 Å². The molecule has 1 aliphatic heterocycles. The number of likely N-dealkylation sites (tertiary alicyclic amines) is 1. The van der Waals surface area contributed by atoms with E-state index in [4.69, 9.17) is 22.1 Å². The highest BCUT2D eigenvalue weighted by Gasteiger charge is 2.20. The van der Waals surface area contributed by atoms with Crippen LogP contribution in [-0.2, 0) is 0 Å². The van der Waals surface area contributed by atoms with Crippen LogP contribution in [0.15, 0.2) is 6.33 Å². The van der Waals surface area contributed by atoms with Gasteiger partial charge in [-0.1, -0.05) is 11.6 Å². The topological polar surface area (TPSA) is 64.3 Å². The number of halogens is 1. The zero-order chi connectivity index (χ0) is 11.5. The van der Waals surface area contributed by atoms with Gasteiger partial charge < -0.3 is 15.4 Å². The summed E-state index contributed by atoms with van der Waals surface area (Å²) in [6.45, 7) is 2.00. The smallest absolute Gasteiger partial charge is 0.242 e. The zero-order valence-corrected chi connectivity index (χ0v) is 9.94. The lowest BCUT2D eigenvalue weighted by Gasteiger charge is -2.29. The maximum absolute atomic E-state index is 5.79. The summed E-state index contributed by atoms with van der Waals surface area (Å²) >= 11 is 5.79. The Balaban J connectivity index is 2.05. The lowest BCUT2D eigenvalue weighted by molar-refractivity contribution is 0.101. The number of piperidine rings is 1. The number of nitrogen functional groups attached to an aromatic ring is 1. The number of likely N-dealkylation sites (N-methyl/N-ethyl adjacent to an activating group) is 1. The first-order valence-corrected chi connectivity index (χ1v) is 5.66. The van der Waals surface area contributed by atoms with Crippen molar-refractivity contribution in [2.75, 3.05) is 25.9 Å². The van der Waals surface area contributed by atoms with Crippen LogP contribution in [0.1, 0.15) is 12.8 Å². The highest BCUT2D eigenvalue weighted by molar-refractivity contribution is 6.32. The Morgan fingerprint density at radius 2 is 2.38 bits per heavy atom. The van der Waals surface area contributed by atoms with Gasteiger partial charge in [0.25, 0.3) is 0 Å². The monoisotopic (exact) mass is 242 g/mol. The number of aromatic nitrogens is 2. The van der Waals surface area contributed by atoms with Gasteiger partial charge in [0.1, 0.15) is 18.1 Å². The standard InChI is InChI=1S/C10H15ClN4O/c1-15-4-2-3-7(5-15)16-10-8(12)9(11)13-6-14-10/h6-7H,2-5,12H2,1H3/t7-/m1/s1.